The fraction of sp³-hybridized carbons (Fsp3) is 0.269. The molecule has 162 valence electrons. The summed E-state index contributed by atoms with van der Waals surface area (Å²) in [6.45, 7) is 6.12. The molecule has 4 aromatic rings. The third kappa shape index (κ3) is 3.91. The maximum atomic E-state index is 12.3. The van der Waals surface area contributed by atoms with Gasteiger partial charge in [0.25, 0.3) is 0 Å². The zero-order valence-corrected chi connectivity index (χ0v) is 19.2. The molecule has 0 amide bonds. The summed E-state index contributed by atoms with van der Waals surface area (Å²) in [6, 6.07) is 21.1. The molecule has 3 aromatic carbocycles. The van der Waals surface area contributed by atoms with Crippen LogP contribution < -0.4 is 0 Å². The van der Waals surface area contributed by atoms with Crippen LogP contribution in [0.15, 0.2) is 65.8 Å². The number of hydrogen-bond donors (Lipinski definition) is 0. The summed E-state index contributed by atoms with van der Waals surface area (Å²) < 4.78 is 7.47. The number of aromatic nitrogens is 3. The number of ether oxygens (including phenoxy) is 1. The maximum Gasteiger partial charge on any atom is 0.319 e. The van der Waals surface area contributed by atoms with Gasteiger partial charge in [0.2, 0.25) is 0 Å². The van der Waals surface area contributed by atoms with Gasteiger partial charge < -0.3 is 4.74 Å². The average Bonchev–Trinajstić information content (AvgIpc) is 3.30. The van der Waals surface area contributed by atoms with Crippen LogP contribution in [0.2, 0.25) is 0 Å². The first-order chi connectivity index (χ1) is 15.5. The van der Waals surface area contributed by atoms with Gasteiger partial charge in [-0.1, -0.05) is 71.9 Å². The molecule has 0 radical (unpaired) electrons. The smallest absolute Gasteiger partial charge is 0.319 e. The van der Waals surface area contributed by atoms with Gasteiger partial charge in [0.05, 0.1) is 5.69 Å². The predicted molar refractivity (Wildman–Crippen MR) is 127 cm³/mol. The lowest BCUT2D eigenvalue weighted by Crippen LogP contribution is -2.12. The van der Waals surface area contributed by atoms with Crippen molar-refractivity contribution in [1.29, 1.82) is 0 Å². The molecule has 0 aliphatic carbocycles. The van der Waals surface area contributed by atoms with Gasteiger partial charge in [-0.25, -0.2) is 0 Å². The molecule has 6 heteroatoms. The minimum absolute atomic E-state index is 0.0624. The molecule has 0 spiro atoms. The number of rotatable bonds is 5. The molecule has 1 aliphatic rings. The predicted octanol–water partition coefficient (Wildman–Crippen LogP) is 5.42. The summed E-state index contributed by atoms with van der Waals surface area (Å²) in [4.78, 5) is 12.3. The highest BCUT2D eigenvalue weighted by Crippen LogP contribution is 2.34. The molecular formula is C26H25N3O2S. The molecule has 0 bridgehead atoms. The zero-order chi connectivity index (χ0) is 22.2. The van der Waals surface area contributed by atoms with Gasteiger partial charge in [-0.3, -0.25) is 9.36 Å². The van der Waals surface area contributed by atoms with E-state index in [1.54, 1.807) is 0 Å². The minimum atomic E-state index is -0.260. The van der Waals surface area contributed by atoms with E-state index in [4.69, 9.17) is 4.74 Å². The quantitative estimate of drug-likeness (QED) is 0.385. The lowest BCUT2D eigenvalue weighted by atomic mass is 10.0. The Kier molecular flexibility index (Phi) is 5.47. The van der Waals surface area contributed by atoms with Gasteiger partial charge in [0.15, 0.2) is 5.16 Å². The molecule has 0 unspecified atom stereocenters. The van der Waals surface area contributed by atoms with Gasteiger partial charge in [-0.05, 0) is 48.7 Å². The Bertz CT molecular complexity index is 1310. The molecule has 32 heavy (non-hydrogen) atoms. The van der Waals surface area contributed by atoms with Crippen molar-refractivity contribution in [1.82, 2.24) is 14.8 Å². The van der Waals surface area contributed by atoms with Crippen LogP contribution in [0.1, 0.15) is 35.9 Å². The van der Waals surface area contributed by atoms with Gasteiger partial charge in [0, 0.05) is 12.8 Å². The van der Waals surface area contributed by atoms with Crippen LogP contribution in [0.25, 0.3) is 16.5 Å². The van der Waals surface area contributed by atoms with Crippen LogP contribution in [0, 0.1) is 13.8 Å². The van der Waals surface area contributed by atoms with E-state index >= 15 is 0 Å². The highest BCUT2D eigenvalue weighted by molar-refractivity contribution is 8.00. The number of esters is 1. The first-order valence-corrected chi connectivity index (χ1v) is 11.7. The molecule has 0 saturated carbocycles. The van der Waals surface area contributed by atoms with Crippen LogP contribution in [0.3, 0.4) is 0 Å². The van der Waals surface area contributed by atoms with Crippen LogP contribution in [0.5, 0.6) is 0 Å². The molecule has 0 N–H and O–H groups in total. The topological polar surface area (TPSA) is 57.0 Å². The summed E-state index contributed by atoms with van der Waals surface area (Å²) in [6.07, 6.45) is 1.27. The molecule has 2 atom stereocenters. The molecule has 1 fully saturated rings. The second-order valence-corrected chi connectivity index (χ2v) is 9.60. The van der Waals surface area contributed by atoms with Crippen LogP contribution in [-0.4, -0.2) is 32.1 Å². The summed E-state index contributed by atoms with van der Waals surface area (Å²) >= 11 is 1.45. The summed E-state index contributed by atoms with van der Waals surface area (Å²) in [7, 11) is 0. The normalized spacial score (nSPS) is 18.3. The minimum Gasteiger partial charge on any atom is -0.462 e. The Morgan fingerprint density at radius 3 is 2.66 bits per heavy atom. The zero-order valence-electron chi connectivity index (χ0n) is 18.4. The molecule has 1 aliphatic heterocycles. The van der Waals surface area contributed by atoms with E-state index in [1.807, 2.05) is 6.92 Å². The first kappa shape index (κ1) is 20.8. The Morgan fingerprint density at radius 2 is 1.88 bits per heavy atom. The average molecular weight is 444 g/mol. The summed E-state index contributed by atoms with van der Waals surface area (Å²) in [5.74, 6) is 0.684. The van der Waals surface area contributed by atoms with Gasteiger partial charge >= 0.3 is 5.97 Å². The fourth-order valence-corrected chi connectivity index (χ4v) is 5.52. The van der Waals surface area contributed by atoms with Crippen molar-refractivity contribution in [2.75, 3.05) is 0 Å². The van der Waals surface area contributed by atoms with Crippen molar-refractivity contribution in [3.63, 3.8) is 0 Å². The number of thioether (sulfide) groups is 1. The SMILES string of the molecule is Cc1ccc(-n2c(Cc3cccc4ccccc34)nnc2S[C@H]2C[C@@H](C)OC2=O)c(C)c1. The van der Waals surface area contributed by atoms with Crippen molar-refractivity contribution in [3.05, 3.63) is 83.2 Å². The standard InChI is InChI=1S/C26H25N3O2S/c1-16-11-12-22(17(2)13-16)29-24(15-20-9-6-8-19-7-4-5-10-21(19)20)27-28-26(29)32-23-14-18(3)31-25(23)30/h4-13,18,23H,14-15H2,1-3H3/t18-,23+/m1/s1. The molecule has 5 nitrogen and oxygen atoms in total. The Hall–Kier alpha value is -3.12. The van der Waals surface area contributed by atoms with E-state index < -0.39 is 0 Å². The number of nitrogens with zero attached hydrogens (tertiary/aromatic N) is 3. The number of aryl methyl sites for hydroxylation is 2. The van der Waals surface area contributed by atoms with E-state index in [0.29, 0.717) is 12.8 Å². The highest BCUT2D eigenvalue weighted by Gasteiger charge is 2.34. The molecule has 1 saturated heterocycles. The van der Waals surface area contributed by atoms with Crippen LogP contribution >= 0.6 is 11.8 Å². The molecule has 2 heterocycles. The van der Waals surface area contributed by atoms with Crippen molar-refractivity contribution >= 4 is 28.5 Å². The first-order valence-electron chi connectivity index (χ1n) is 10.9. The van der Waals surface area contributed by atoms with Crippen molar-refractivity contribution in [2.45, 2.75) is 50.1 Å². The maximum absolute atomic E-state index is 12.3. The second kappa shape index (κ2) is 8.43. The van der Waals surface area contributed by atoms with E-state index in [2.05, 4.69) is 89.3 Å². The van der Waals surface area contributed by atoms with E-state index in [1.165, 1.54) is 33.7 Å². The number of carbonyl (C=O) groups excluding carboxylic acids is 1. The van der Waals surface area contributed by atoms with Crippen molar-refractivity contribution in [2.24, 2.45) is 0 Å². The summed E-state index contributed by atoms with van der Waals surface area (Å²) in [5.41, 5.74) is 4.59. The Balaban J connectivity index is 1.59. The van der Waals surface area contributed by atoms with E-state index in [-0.39, 0.29) is 17.3 Å². The number of benzene rings is 3. The second-order valence-electron chi connectivity index (χ2n) is 8.43. The van der Waals surface area contributed by atoms with Crippen molar-refractivity contribution < 1.29 is 9.53 Å². The van der Waals surface area contributed by atoms with Gasteiger partial charge in [-0.2, -0.15) is 0 Å². The third-order valence-corrected chi connectivity index (χ3v) is 7.04. The van der Waals surface area contributed by atoms with E-state index in [0.717, 1.165) is 22.2 Å². The van der Waals surface area contributed by atoms with Gasteiger partial charge in [0.1, 0.15) is 17.2 Å². The molecule has 5 rings (SSSR count). The summed E-state index contributed by atoms with van der Waals surface area (Å²) in [5, 5.41) is 12.0. The van der Waals surface area contributed by atoms with Crippen LogP contribution in [0.4, 0.5) is 0 Å². The monoisotopic (exact) mass is 443 g/mol. The third-order valence-electron chi connectivity index (χ3n) is 5.90. The number of fused-ring (bicyclic) bond motifs is 1. The largest absolute Gasteiger partial charge is 0.462 e. The highest BCUT2D eigenvalue weighted by atomic mass is 32.2. The number of cyclic esters (lactones) is 1. The van der Waals surface area contributed by atoms with Crippen LogP contribution in [-0.2, 0) is 16.0 Å². The lowest BCUT2D eigenvalue weighted by molar-refractivity contribution is -0.140. The number of hydrogen-bond acceptors (Lipinski definition) is 5. The van der Waals surface area contributed by atoms with Gasteiger partial charge in [-0.15, -0.1) is 10.2 Å². The molecule has 1 aromatic heterocycles. The van der Waals surface area contributed by atoms with Crippen molar-refractivity contribution in [3.8, 4) is 5.69 Å². The number of carbonyl (C=O) groups is 1. The fourth-order valence-electron chi connectivity index (χ4n) is 4.35. The lowest BCUT2D eigenvalue weighted by Gasteiger charge is -2.15. The van der Waals surface area contributed by atoms with E-state index in [9.17, 15) is 4.79 Å². The Labute approximate surface area is 191 Å². The Morgan fingerprint density at radius 1 is 1.06 bits per heavy atom. The molecular weight excluding hydrogens is 418 g/mol.